The van der Waals surface area contributed by atoms with Gasteiger partial charge < -0.3 is 4.90 Å². The molecule has 1 nitrogen and oxygen atoms in total. The minimum absolute atomic E-state index is 0.0899. The Morgan fingerprint density at radius 2 is 1.14 bits per heavy atom. The van der Waals surface area contributed by atoms with Crippen LogP contribution in [-0.2, 0) is 5.41 Å². The fourth-order valence-corrected chi connectivity index (χ4v) is 9.52. The van der Waals surface area contributed by atoms with Gasteiger partial charge in [-0.3, -0.25) is 0 Å². The van der Waals surface area contributed by atoms with Crippen molar-refractivity contribution in [2.75, 3.05) is 4.90 Å². The highest BCUT2D eigenvalue weighted by molar-refractivity contribution is 7.26. The van der Waals surface area contributed by atoms with Crippen molar-refractivity contribution >= 4 is 59.3 Å². The lowest BCUT2D eigenvalue weighted by Crippen LogP contribution is -2.16. The quantitative estimate of drug-likeness (QED) is 0.176. The average Bonchev–Trinajstić information content (AvgIpc) is 3.68. The highest BCUT2D eigenvalue weighted by atomic mass is 32.1. The first-order valence-corrected chi connectivity index (χ1v) is 18.5. The second-order valence-corrected chi connectivity index (χ2v) is 15.2. The molecule has 0 fully saturated rings. The predicted octanol–water partition coefficient (Wildman–Crippen LogP) is 14.3. The zero-order valence-electron chi connectivity index (χ0n) is 28.6. The Bertz CT molecular complexity index is 2770. The van der Waals surface area contributed by atoms with Crippen LogP contribution in [-0.4, -0.2) is 0 Å². The van der Waals surface area contributed by atoms with Crippen molar-refractivity contribution in [3.05, 3.63) is 187 Å². The summed E-state index contributed by atoms with van der Waals surface area (Å²) in [7, 11) is 0. The maximum absolute atomic E-state index is 2.47. The van der Waals surface area contributed by atoms with Gasteiger partial charge in [0, 0.05) is 42.4 Å². The number of thiophene rings is 1. The van der Waals surface area contributed by atoms with Crippen LogP contribution in [0.15, 0.2) is 176 Å². The number of rotatable bonds is 5. The molecule has 51 heavy (non-hydrogen) atoms. The molecule has 0 aliphatic heterocycles. The van der Waals surface area contributed by atoms with Gasteiger partial charge in [0.05, 0.1) is 11.4 Å². The van der Waals surface area contributed by atoms with Crippen molar-refractivity contribution in [3.63, 3.8) is 0 Å². The molecule has 0 amide bonds. The minimum Gasteiger partial charge on any atom is -0.309 e. The number of fused-ring (bicyclic) bond motifs is 8. The number of para-hydroxylation sites is 1. The van der Waals surface area contributed by atoms with Crippen LogP contribution in [0, 0.1) is 0 Å². The maximum Gasteiger partial charge on any atom is 0.0543 e. The molecule has 2 heteroatoms. The number of nitrogens with zero attached hydrogens (tertiary/aromatic N) is 1. The van der Waals surface area contributed by atoms with E-state index >= 15 is 0 Å². The second-order valence-electron chi connectivity index (χ2n) is 14.1. The molecule has 0 spiro atoms. The summed E-state index contributed by atoms with van der Waals surface area (Å²) in [4.78, 5) is 2.47. The van der Waals surface area contributed by atoms with Crippen LogP contribution in [0.25, 0.3) is 64.3 Å². The standard InChI is InChI=1S/C49H35NS/c1-49(2)41-18-9-6-16-39(41)48-42(49)19-12-21-44(48)50(43-20-10-7-15-37(43)33-13-4-3-5-14-33)36-27-23-32(24-28-36)34-25-29-38-35(31-34)26-30-46-47(38)40-17-8-11-22-45(40)51-46/h3-31H,1-2H3. The fraction of sp³-hybridized carbons (Fsp3) is 0.0612. The molecule has 8 aromatic carbocycles. The van der Waals surface area contributed by atoms with Gasteiger partial charge in [0.1, 0.15) is 0 Å². The number of hydrogen-bond acceptors (Lipinski definition) is 2. The van der Waals surface area contributed by atoms with Gasteiger partial charge in [-0.05, 0) is 86.6 Å². The summed E-state index contributed by atoms with van der Waals surface area (Å²) >= 11 is 1.88. The molecule has 9 aromatic rings. The third-order valence-electron chi connectivity index (χ3n) is 10.9. The summed E-state index contributed by atoms with van der Waals surface area (Å²) in [5.74, 6) is 0. The van der Waals surface area contributed by atoms with Gasteiger partial charge in [0.15, 0.2) is 0 Å². The summed E-state index contributed by atoms with van der Waals surface area (Å²) in [5.41, 5.74) is 13.6. The lowest BCUT2D eigenvalue weighted by Gasteiger charge is -2.30. The lowest BCUT2D eigenvalue weighted by atomic mass is 9.82. The van der Waals surface area contributed by atoms with E-state index in [1.165, 1.54) is 81.1 Å². The van der Waals surface area contributed by atoms with E-state index in [0.29, 0.717) is 0 Å². The number of hydrogen-bond donors (Lipinski definition) is 0. The van der Waals surface area contributed by atoms with Gasteiger partial charge >= 0.3 is 0 Å². The number of benzene rings is 8. The summed E-state index contributed by atoms with van der Waals surface area (Å²) in [5, 5.41) is 5.29. The molecule has 1 aliphatic rings. The molecule has 1 aromatic heterocycles. The zero-order chi connectivity index (χ0) is 34.1. The normalized spacial score (nSPS) is 13.1. The van der Waals surface area contributed by atoms with E-state index in [9.17, 15) is 0 Å². The molecule has 1 aliphatic carbocycles. The summed E-state index contributed by atoms with van der Waals surface area (Å²) < 4.78 is 2.68. The van der Waals surface area contributed by atoms with Crippen molar-refractivity contribution in [3.8, 4) is 33.4 Å². The van der Waals surface area contributed by atoms with Crippen LogP contribution < -0.4 is 4.90 Å². The zero-order valence-corrected chi connectivity index (χ0v) is 29.4. The highest BCUT2D eigenvalue weighted by Crippen LogP contribution is 2.55. The molecule has 0 saturated heterocycles. The van der Waals surface area contributed by atoms with Gasteiger partial charge in [-0.15, -0.1) is 11.3 Å². The SMILES string of the molecule is CC1(C)c2ccccc2-c2c(N(c3ccc(-c4ccc5c(ccc6sc7ccccc7c65)c4)cc3)c3ccccc3-c3ccccc3)cccc21. The van der Waals surface area contributed by atoms with Crippen LogP contribution in [0.5, 0.6) is 0 Å². The Morgan fingerprint density at radius 1 is 0.451 bits per heavy atom. The predicted molar refractivity (Wildman–Crippen MR) is 220 cm³/mol. The molecule has 0 unspecified atom stereocenters. The van der Waals surface area contributed by atoms with Crippen molar-refractivity contribution in [1.82, 2.24) is 0 Å². The van der Waals surface area contributed by atoms with Crippen LogP contribution in [0.3, 0.4) is 0 Å². The Balaban J connectivity index is 1.14. The molecule has 0 bridgehead atoms. The first kappa shape index (κ1) is 29.9. The van der Waals surface area contributed by atoms with Gasteiger partial charge in [0.25, 0.3) is 0 Å². The summed E-state index contributed by atoms with van der Waals surface area (Å²) in [6.07, 6.45) is 0. The van der Waals surface area contributed by atoms with E-state index in [2.05, 4.69) is 195 Å². The van der Waals surface area contributed by atoms with Crippen molar-refractivity contribution < 1.29 is 0 Å². The van der Waals surface area contributed by atoms with Gasteiger partial charge in [0.2, 0.25) is 0 Å². The Hall–Kier alpha value is -5.96. The largest absolute Gasteiger partial charge is 0.309 e. The second kappa shape index (κ2) is 11.6. The molecule has 1 heterocycles. The van der Waals surface area contributed by atoms with E-state index in [1.807, 2.05) is 11.3 Å². The molecule has 0 radical (unpaired) electrons. The first-order chi connectivity index (χ1) is 25.1. The maximum atomic E-state index is 2.47. The van der Waals surface area contributed by atoms with E-state index in [0.717, 1.165) is 11.4 Å². The molecule has 10 rings (SSSR count). The summed E-state index contributed by atoms with van der Waals surface area (Å²) in [6, 6.07) is 64.8. The lowest BCUT2D eigenvalue weighted by molar-refractivity contribution is 0.660. The molecule has 0 saturated carbocycles. The van der Waals surface area contributed by atoms with Crippen molar-refractivity contribution in [2.45, 2.75) is 19.3 Å². The third-order valence-corrected chi connectivity index (χ3v) is 12.0. The first-order valence-electron chi connectivity index (χ1n) is 17.7. The van der Waals surface area contributed by atoms with E-state index in [-0.39, 0.29) is 5.41 Å². The van der Waals surface area contributed by atoms with Crippen LogP contribution >= 0.6 is 11.3 Å². The van der Waals surface area contributed by atoms with Crippen molar-refractivity contribution in [1.29, 1.82) is 0 Å². The topological polar surface area (TPSA) is 3.24 Å². The minimum atomic E-state index is -0.0899. The highest BCUT2D eigenvalue weighted by Gasteiger charge is 2.37. The van der Waals surface area contributed by atoms with Crippen LogP contribution in [0.2, 0.25) is 0 Å². The molecular weight excluding hydrogens is 635 g/mol. The van der Waals surface area contributed by atoms with Gasteiger partial charge in [-0.1, -0.05) is 147 Å². The van der Waals surface area contributed by atoms with Gasteiger partial charge in [-0.2, -0.15) is 0 Å². The Kier molecular flexibility index (Phi) is 6.78. The van der Waals surface area contributed by atoms with Gasteiger partial charge in [-0.25, -0.2) is 0 Å². The smallest absolute Gasteiger partial charge is 0.0543 e. The average molecular weight is 670 g/mol. The van der Waals surface area contributed by atoms with E-state index in [4.69, 9.17) is 0 Å². The molecular formula is C49H35NS. The number of anilines is 3. The third kappa shape index (κ3) is 4.67. The molecule has 0 atom stereocenters. The Labute approximate surface area is 302 Å². The van der Waals surface area contributed by atoms with Crippen LogP contribution in [0.1, 0.15) is 25.0 Å². The van der Waals surface area contributed by atoms with E-state index < -0.39 is 0 Å². The fourth-order valence-electron chi connectivity index (χ4n) is 8.40. The van der Waals surface area contributed by atoms with Crippen LogP contribution in [0.4, 0.5) is 17.1 Å². The summed E-state index contributed by atoms with van der Waals surface area (Å²) in [6.45, 7) is 4.71. The monoisotopic (exact) mass is 669 g/mol. The molecule has 242 valence electrons. The Morgan fingerprint density at radius 3 is 2.00 bits per heavy atom. The molecule has 0 N–H and O–H groups in total. The van der Waals surface area contributed by atoms with E-state index in [1.54, 1.807) is 0 Å². The van der Waals surface area contributed by atoms with Crippen molar-refractivity contribution in [2.24, 2.45) is 0 Å².